The van der Waals surface area contributed by atoms with Gasteiger partial charge in [-0.15, -0.1) is 0 Å². The Hall–Kier alpha value is -1.31. The molecule has 0 radical (unpaired) electrons. The van der Waals surface area contributed by atoms with Crippen LogP contribution in [0.15, 0.2) is 30.3 Å². The largest absolute Gasteiger partial charge is 0.461 e. The molecule has 0 N–H and O–H groups in total. The maximum Gasteiger partial charge on any atom is 0.306 e. The van der Waals surface area contributed by atoms with E-state index < -0.39 is 0 Å². The van der Waals surface area contributed by atoms with E-state index in [2.05, 4.69) is 13.8 Å². The predicted octanol–water partition coefficient (Wildman–Crippen LogP) is 7.46. The van der Waals surface area contributed by atoms with E-state index in [0.717, 1.165) is 12.0 Å². The summed E-state index contributed by atoms with van der Waals surface area (Å²) < 4.78 is 5.34. The van der Waals surface area contributed by atoms with Gasteiger partial charge in [-0.25, -0.2) is 0 Å². The maximum atomic E-state index is 11.8. The lowest BCUT2D eigenvalue weighted by atomic mass is 9.97. The van der Waals surface area contributed by atoms with Crippen LogP contribution in [0.2, 0.25) is 0 Å². The molecule has 1 aromatic rings. The van der Waals surface area contributed by atoms with Gasteiger partial charge in [-0.2, -0.15) is 0 Å². The predicted molar refractivity (Wildman–Crippen MR) is 111 cm³/mol. The first-order chi connectivity index (χ1) is 12.7. The van der Waals surface area contributed by atoms with Crippen molar-refractivity contribution in [3.8, 4) is 0 Å². The van der Waals surface area contributed by atoms with Gasteiger partial charge in [0, 0.05) is 6.42 Å². The smallest absolute Gasteiger partial charge is 0.306 e. The number of benzene rings is 1. The summed E-state index contributed by atoms with van der Waals surface area (Å²) in [7, 11) is 0. The molecule has 0 aliphatic rings. The van der Waals surface area contributed by atoms with Gasteiger partial charge in [0.15, 0.2) is 0 Å². The molecule has 0 amide bonds. The summed E-state index contributed by atoms with van der Waals surface area (Å²) in [6.45, 7) is 4.93. The number of ether oxygens (including phenoxy) is 1. The molecule has 2 nitrogen and oxygen atoms in total. The molecule has 1 rings (SSSR count). The van der Waals surface area contributed by atoms with Gasteiger partial charge in [-0.3, -0.25) is 4.79 Å². The molecule has 0 saturated carbocycles. The summed E-state index contributed by atoms with van der Waals surface area (Å²) in [6, 6.07) is 9.89. The molecule has 0 saturated heterocycles. The Labute approximate surface area is 161 Å². The summed E-state index contributed by atoms with van der Waals surface area (Å²) in [5, 5.41) is 0. The van der Waals surface area contributed by atoms with Crippen molar-refractivity contribution < 1.29 is 9.53 Å². The first-order valence-electron chi connectivity index (χ1n) is 10.9. The third-order valence-electron chi connectivity index (χ3n) is 5.13. The fraction of sp³-hybridized carbons (Fsp3) is 0.708. The zero-order valence-corrected chi connectivity index (χ0v) is 17.2. The van der Waals surface area contributed by atoms with E-state index in [-0.39, 0.29) is 5.97 Å². The van der Waals surface area contributed by atoms with Crippen LogP contribution in [0.4, 0.5) is 0 Å². The SMILES string of the molecule is CCCCCCCCCCCCC(C)CCC(=O)OCc1ccccc1. The highest BCUT2D eigenvalue weighted by Gasteiger charge is 2.08. The lowest BCUT2D eigenvalue weighted by Crippen LogP contribution is -2.07. The van der Waals surface area contributed by atoms with Gasteiger partial charge in [0.05, 0.1) is 0 Å². The molecule has 148 valence electrons. The van der Waals surface area contributed by atoms with E-state index in [0.29, 0.717) is 18.9 Å². The average Bonchev–Trinajstić information content (AvgIpc) is 2.67. The molecule has 0 spiro atoms. The number of hydrogen-bond donors (Lipinski definition) is 0. The molecule has 0 aliphatic carbocycles. The minimum Gasteiger partial charge on any atom is -0.461 e. The molecule has 1 atom stereocenters. The Morgan fingerprint density at radius 1 is 0.846 bits per heavy atom. The summed E-state index contributed by atoms with van der Waals surface area (Å²) >= 11 is 0. The van der Waals surface area contributed by atoms with Gasteiger partial charge < -0.3 is 4.74 Å². The van der Waals surface area contributed by atoms with Crippen molar-refractivity contribution in [1.82, 2.24) is 0 Å². The van der Waals surface area contributed by atoms with Gasteiger partial charge in [0.1, 0.15) is 6.61 Å². The minimum absolute atomic E-state index is 0.0659. The van der Waals surface area contributed by atoms with Crippen LogP contribution in [0.5, 0.6) is 0 Å². The molecule has 0 aromatic heterocycles. The normalized spacial score (nSPS) is 12.1. The molecule has 26 heavy (non-hydrogen) atoms. The highest BCUT2D eigenvalue weighted by atomic mass is 16.5. The fourth-order valence-electron chi connectivity index (χ4n) is 3.30. The number of esters is 1. The van der Waals surface area contributed by atoms with Crippen LogP contribution < -0.4 is 0 Å². The zero-order chi connectivity index (χ0) is 18.9. The number of carbonyl (C=O) groups is 1. The van der Waals surface area contributed by atoms with Crippen LogP contribution in [0.1, 0.15) is 103 Å². The van der Waals surface area contributed by atoms with Crippen molar-refractivity contribution in [3.63, 3.8) is 0 Å². The number of rotatable bonds is 16. The Balaban J connectivity index is 1.90. The first kappa shape index (κ1) is 22.7. The third kappa shape index (κ3) is 13.0. The lowest BCUT2D eigenvalue weighted by Gasteiger charge is -2.11. The minimum atomic E-state index is -0.0659. The zero-order valence-electron chi connectivity index (χ0n) is 17.2. The van der Waals surface area contributed by atoms with E-state index in [1.165, 1.54) is 70.6 Å². The fourth-order valence-corrected chi connectivity index (χ4v) is 3.30. The Kier molecular flexibility index (Phi) is 13.9. The number of unbranched alkanes of at least 4 members (excludes halogenated alkanes) is 9. The monoisotopic (exact) mass is 360 g/mol. The highest BCUT2D eigenvalue weighted by Crippen LogP contribution is 2.17. The quantitative estimate of drug-likeness (QED) is 0.226. The standard InChI is InChI=1S/C24H40O2/c1-3-4-5-6-7-8-9-10-11-13-16-22(2)19-20-24(25)26-21-23-17-14-12-15-18-23/h12,14-15,17-18,22H,3-11,13,16,19-21H2,1-2H3. The van der Waals surface area contributed by atoms with Crippen molar-refractivity contribution in [3.05, 3.63) is 35.9 Å². The number of carbonyl (C=O) groups excluding carboxylic acids is 1. The second kappa shape index (κ2) is 15.9. The van der Waals surface area contributed by atoms with Crippen LogP contribution in [0.3, 0.4) is 0 Å². The van der Waals surface area contributed by atoms with Crippen LogP contribution >= 0.6 is 0 Å². The van der Waals surface area contributed by atoms with Crippen LogP contribution in [0, 0.1) is 5.92 Å². The van der Waals surface area contributed by atoms with Gasteiger partial charge in [0.2, 0.25) is 0 Å². The van der Waals surface area contributed by atoms with E-state index >= 15 is 0 Å². The molecule has 0 bridgehead atoms. The van der Waals surface area contributed by atoms with Crippen molar-refractivity contribution >= 4 is 5.97 Å². The molecule has 1 aromatic carbocycles. The van der Waals surface area contributed by atoms with Crippen molar-refractivity contribution in [2.75, 3.05) is 0 Å². The second-order valence-electron chi connectivity index (χ2n) is 7.76. The Bertz CT molecular complexity index is 441. The average molecular weight is 361 g/mol. The van der Waals surface area contributed by atoms with Crippen molar-refractivity contribution in [2.24, 2.45) is 5.92 Å². The van der Waals surface area contributed by atoms with Gasteiger partial charge >= 0.3 is 5.97 Å². The Morgan fingerprint density at radius 3 is 2.04 bits per heavy atom. The van der Waals surface area contributed by atoms with E-state index in [1.54, 1.807) is 0 Å². The van der Waals surface area contributed by atoms with Crippen molar-refractivity contribution in [2.45, 2.75) is 104 Å². The van der Waals surface area contributed by atoms with E-state index in [9.17, 15) is 4.79 Å². The molecule has 0 heterocycles. The van der Waals surface area contributed by atoms with Gasteiger partial charge in [0.25, 0.3) is 0 Å². The van der Waals surface area contributed by atoms with Crippen LogP contribution in [-0.2, 0) is 16.1 Å². The highest BCUT2D eigenvalue weighted by molar-refractivity contribution is 5.69. The molecule has 0 fully saturated rings. The molecule has 0 aliphatic heterocycles. The van der Waals surface area contributed by atoms with Crippen LogP contribution in [0.25, 0.3) is 0 Å². The first-order valence-corrected chi connectivity index (χ1v) is 10.9. The lowest BCUT2D eigenvalue weighted by molar-refractivity contribution is -0.145. The molecule has 1 unspecified atom stereocenters. The number of hydrogen-bond acceptors (Lipinski definition) is 2. The van der Waals surface area contributed by atoms with Crippen LogP contribution in [-0.4, -0.2) is 5.97 Å². The second-order valence-corrected chi connectivity index (χ2v) is 7.76. The summed E-state index contributed by atoms with van der Waals surface area (Å²) in [5.41, 5.74) is 1.05. The third-order valence-corrected chi connectivity index (χ3v) is 5.13. The Morgan fingerprint density at radius 2 is 1.42 bits per heavy atom. The van der Waals surface area contributed by atoms with E-state index in [4.69, 9.17) is 4.74 Å². The molecule has 2 heteroatoms. The van der Waals surface area contributed by atoms with E-state index in [1.807, 2.05) is 30.3 Å². The summed E-state index contributed by atoms with van der Waals surface area (Å²) in [5.74, 6) is 0.553. The maximum absolute atomic E-state index is 11.8. The van der Waals surface area contributed by atoms with Gasteiger partial charge in [-0.1, -0.05) is 115 Å². The van der Waals surface area contributed by atoms with Gasteiger partial charge in [-0.05, 0) is 17.9 Å². The summed E-state index contributed by atoms with van der Waals surface area (Å²) in [6.07, 6.45) is 16.6. The topological polar surface area (TPSA) is 26.3 Å². The summed E-state index contributed by atoms with van der Waals surface area (Å²) in [4.78, 5) is 11.8. The molecular formula is C24H40O2. The molecular weight excluding hydrogens is 320 g/mol. The van der Waals surface area contributed by atoms with Crippen molar-refractivity contribution in [1.29, 1.82) is 0 Å².